The number of hydrogen-bond acceptors (Lipinski definition) is 6. The fraction of sp³-hybridized carbons (Fsp3) is 0.103. The molecular formula is C29H23FN6O2. The molecule has 188 valence electrons. The summed E-state index contributed by atoms with van der Waals surface area (Å²) in [5, 5.41) is 13.4. The molecule has 8 nitrogen and oxygen atoms in total. The van der Waals surface area contributed by atoms with E-state index in [2.05, 4.69) is 37.1 Å². The second-order valence-corrected chi connectivity index (χ2v) is 8.76. The third-order valence-corrected chi connectivity index (χ3v) is 6.01. The molecule has 3 aromatic heterocycles. The molecule has 38 heavy (non-hydrogen) atoms. The number of nitrogens with one attached hydrogen (secondary N) is 2. The molecule has 5 aromatic rings. The number of hydrogen-bond donors (Lipinski definition) is 4. The summed E-state index contributed by atoms with van der Waals surface area (Å²) in [5.41, 5.74) is 10.1. The van der Waals surface area contributed by atoms with Gasteiger partial charge in [0.15, 0.2) is 0 Å². The SMILES string of the molecule is Cc1cc(C(=O)NC(c2nc3ccccc3[nH]2)c2cc(F)ccc2O)nc(C)c1C#Cc1ccc(N)nc1. The molecule has 5 rings (SSSR count). The maximum absolute atomic E-state index is 14.2. The number of aryl methyl sites for hydroxylation is 2. The topological polar surface area (TPSA) is 130 Å². The van der Waals surface area contributed by atoms with Crippen LogP contribution in [-0.2, 0) is 0 Å². The van der Waals surface area contributed by atoms with Gasteiger partial charge in [0.2, 0.25) is 0 Å². The number of aromatic amines is 1. The number of nitrogen functional groups attached to an aromatic ring is 1. The largest absolute Gasteiger partial charge is 0.508 e. The number of fused-ring (bicyclic) bond motifs is 1. The highest BCUT2D eigenvalue weighted by Gasteiger charge is 2.25. The van der Waals surface area contributed by atoms with E-state index in [0.29, 0.717) is 34.0 Å². The molecule has 2 aromatic carbocycles. The van der Waals surface area contributed by atoms with Gasteiger partial charge >= 0.3 is 0 Å². The number of carbonyl (C=O) groups excluding carboxylic acids is 1. The molecule has 1 atom stereocenters. The molecule has 1 amide bonds. The Morgan fingerprint density at radius 3 is 2.63 bits per heavy atom. The lowest BCUT2D eigenvalue weighted by atomic mass is 10.0. The minimum atomic E-state index is -0.967. The number of pyridine rings is 2. The van der Waals surface area contributed by atoms with Crippen LogP contribution in [0.25, 0.3) is 11.0 Å². The Kier molecular flexibility index (Phi) is 6.46. The maximum atomic E-state index is 14.2. The van der Waals surface area contributed by atoms with E-state index in [-0.39, 0.29) is 17.0 Å². The molecule has 0 spiro atoms. The smallest absolute Gasteiger partial charge is 0.270 e. The molecule has 0 aliphatic rings. The van der Waals surface area contributed by atoms with Gasteiger partial charge in [-0.05, 0) is 67.9 Å². The van der Waals surface area contributed by atoms with Crippen LogP contribution in [0.5, 0.6) is 5.75 Å². The normalized spacial score (nSPS) is 11.6. The number of nitrogens with zero attached hydrogens (tertiary/aromatic N) is 3. The number of phenolic OH excluding ortho intramolecular Hbond substituents is 1. The second-order valence-electron chi connectivity index (χ2n) is 8.76. The highest BCUT2D eigenvalue weighted by molar-refractivity contribution is 5.93. The zero-order valence-electron chi connectivity index (χ0n) is 20.6. The van der Waals surface area contributed by atoms with E-state index >= 15 is 0 Å². The maximum Gasteiger partial charge on any atom is 0.270 e. The van der Waals surface area contributed by atoms with Crippen LogP contribution in [0.2, 0.25) is 0 Å². The zero-order valence-corrected chi connectivity index (χ0v) is 20.6. The summed E-state index contributed by atoms with van der Waals surface area (Å²) in [6.45, 7) is 3.61. The number of halogens is 1. The van der Waals surface area contributed by atoms with Crippen LogP contribution >= 0.6 is 0 Å². The van der Waals surface area contributed by atoms with Crippen molar-refractivity contribution in [3.63, 3.8) is 0 Å². The average Bonchev–Trinajstić information content (AvgIpc) is 3.33. The van der Waals surface area contributed by atoms with Crippen molar-refractivity contribution in [2.24, 2.45) is 0 Å². The third-order valence-electron chi connectivity index (χ3n) is 6.01. The van der Waals surface area contributed by atoms with E-state index in [1.807, 2.05) is 31.2 Å². The van der Waals surface area contributed by atoms with E-state index in [4.69, 9.17) is 5.73 Å². The molecule has 0 radical (unpaired) electrons. The lowest BCUT2D eigenvalue weighted by Crippen LogP contribution is -2.31. The molecule has 1 unspecified atom stereocenters. The predicted octanol–water partition coefficient (Wildman–Crippen LogP) is 4.32. The van der Waals surface area contributed by atoms with E-state index in [0.717, 1.165) is 17.1 Å². The highest BCUT2D eigenvalue weighted by atomic mass is 19.1. The van der Waals surface area contributed by atoms with E-state index in [9.17, 15) is 14.3 Å². The van der Waals surface area contributed by atoms with Crippen molar-refractivity contribution < 1.29 is 14.3 Å². The summed E-state index contributed by atoms with van der Waals surface area (Å²) >= 11 is 0. The van der Waals surface area contributed by atoms with Gasteiger partial charge in [-0.25, -0.2) is 19.3 Å². The van der Waals surface area contributed by atoms with Gasteiger partial charge in [0, 0.05) is 22.9 Å². The number of aromatic nitrogens is 4. The second kappa shape index (κ2) is 10.0. The monoisotopic (exact) mass is 506 g/mol. The zero-order chi connectivity index (χ0) is 26.8. The van der Waals surface area contributed by atoms with Crippen LogP contribution in [0.4, 0.5) is 10.2 Å². The van der Waals surface area contributed by atoms with Crippen LogP contribution in [0, 0.1) is 31.5 Å². The minimum absolute atomic E-state index is 0.150. The number of nitrogens with two attached hydrogens (primary N) is 1. The fourth-order valence-corrected chi connectivity index (χ4v) is 4.11. The van der Waals surface area contributed by atoms with Gasteiger partial charge < -0.3 is 21.1 Å². The van der Waals surface area contributed by atoms with Crippen LogP contribution in [-0.4, -0.2) is 30.9 Å². The number of phenols is 1. The summed E-state index contributed by atoms with van der Waals surface area (Å²) in [6, 6.07) is 15.0. The molecule has 0 saturated heterocycles. The number of carbonyl (C=O) groups is 1. The number of H-pyrrole nitrogens is 1. The molecular weight excluding hydrogens is 483 g/mol. The first kappa shape index (κ1) is 24.5. The first-order valence-corrected chi connectivity index (χ1v) is 11.7. The van der Waals surface area contributed by atoms with Crippen molar-refractivity contribution in [2.75, 3.05) is 5.73 Å². The van der Waals surface area contributed by atoms with Crippen molar-refractivity contribution in [2.45, 2.75) is 19.9 Å². The van der Waals surface area contributed by atoms with Crippen LogP contribution in [0.1, 0.15) is 50.3 Å². The molecule has 9 heteroatoms. The Balaban J connectivity index is 1.49. The third kappa shape index (κ3) is 5.01. The van der Waals surface area contributed by atoms with Crippen molar-refractivity contribution in [1.82, 2.24) is 25.3 Å². The van der Waals surface area contributed by atoms with Crippen LogP contribution in [0.15, 0.2) is 66.9 Å². The van der Waals surface area contributed by atoms with E-state index in [1.165, 1.54) is 12.1 Å². The van der Waals surface area contributed by atoms with Gasteiger partial charge in [-0.1, -0.05) is 24.0 Å². The Morgan fingerprint density at radius 1 is 1.08 bits per heavy atom. The van der Waals surface area contributed by atoms with Gasteiger partial charge in [-0.3, -0.25) is 4.79 Å². The summed E-state index contributed by atoms with van der Waals surface area (Å²) in [4.78, 5) is 29.6. The Labute approximate surface area is 217 Å². The molecule has 0 saturated carbocycles. The van der Waals surface area contributed by atoms with E-state index < -0.39 is 17.8 Å². The minimum Gasteiger partial charge on any atom is -0.508 e. The molecule has 0 aliphatic heterocycles. The quantitative estimate of drug-likeness (QED) is 0.269. The van der Waals surface area contributed by atoms with Crippen molar-refractivity contribution in [3.05, 3.63) is 112 Å². The predicted molar refractivity (Wildman–Crippen MR) is 142 cm³/mol. The van der Waals surface area contributed by atoms with Gasteiger partial charge in [-0.2, -0.15) is 0 Å². The van der Waals surface area contributed by atoms with Crippen LogP contribution < -0.4 is 11.1 Å². The summed E-state index contributed by atoms with van der Waals surface area (Å²) in [6.07, 6.45) is 1.59. The van der Waals surface area contributed by atoms with Gasteiger partial charge in [-0.15, -0.1) is 0 Å². The molecule has 5 N–H and O–H groups in total. The number of para-hydroxylation sites is 2. The van der Waals surface area contributed by atoms with Crippen molar-refractivity contribution >= 4 is 22.8 Å². The molecule has 0 fully saturated rings. The first-order chi connectivity index (χ1) is 18.3. The lowest BCUT2D eigenvalue weighted by Gasteiger charge is -2.19. The number of imidazole rings is 1. The number of amides is 1. The highest BCUT2D eigenvalue weighted by Crippen LogP contribution is 2.30. The summed E-state index contributed by atoms with van der Waals surface area (Å²) < 4.78 is 14.2. The first-order valence-electron chi connectivity index (χ1n) is 11.7. The average molecular weight is 507 g/mol. The summed E-state index contributed by atoms with van der Waals surface area (Å²) in [5.74, 6) is 5.61. The Bertz CT molecular complexity index is 1680. The van der Waals surface area contributed by atoms with Gasteiger partial charge in [0.1, 0.15) is 34.9 Å². The van der Waals surface area contributed by atoms with Crippen molar-refractivity contribution in [1.29, 1.82) is 0 Å². The van der Waals surface area contributed by atoms with E-state index in [1.54, 1.807) is 31.3 Å². The van der Waals surface area contributed by atoms with Gasteiger partial charge in [0.25, 0.3) is 5.91 Å². The molecule has 0 bridgehead atoms. The van der Waals surface area contributed by atoms with Gasteiger partial charge in [0.05, 0.1) is 16.7 Å². The van der Waals surface area contributed by atoms with Crippen LogP contribution in [0.3, 0.4) is 0 Å². The van der Waals surface area contributed by atoms with Crippen molar-refractivity contribution in [3.8, 4) is 17.6 Å². The Morgan fingerprint density at radius 2 is 1.89 bits per heavy atom. The Hall–Kier alpha value is -5.23. The molecule has 3 heterocycles. The number of aromatic hydroxyl groups is 1. The number of benzene rings is 2. The standard InChI is InChI=1S/C29H23FN6O2/c1-16-13-24(33-17(2)20(16)10-7-18-8-12-26(31)32-15-18)29(38)36-27(21-14-19(30)9-11-25(21)37)28-34-22-5-3-4-6-23(22)35-28/h3-6,8-9,11-15,27,37H,1-2H3,(H2,31,32)(H,34,35)(H,36,38). The fourth-order valence-electron chi connectivity index (χ4n) is 4.11. The summed E-state index contributed by atoms with van der Waals surface area (Å²) in [7, 11) is 0. The molecule has 0 aliphatic carbocycles. The number of anilines is 1. The lowest BCUT2D eigenvalue weighted by molar-refractivity contribution is 0.0936. The number of rotatable bonds is 4.